The zero-order valence-corrected chi connectivity index (χ0v) is 16.9. The first-order chi connectivity index (χ1) is 13.5. The van der Waals surface area contributed by atoms with Crippen LogP contribution < -0.4 is 14.8 Å². The minimum Gasteiger partial charge on any atom is -0.491 e. The van der Waals surface area contributed by atoms with Gasteiger partial charge in [-0.1, -0.05) is 13.0 Å². The number of amides is 1. The molecule has 28 heavy (non-hydrogen) atoms. The van der Waals surface area contributed by atoms with Crippen LogP contribution in [0.25, 0.3) is 0 Å². The van der Waals surface area contributed by atoms with Crippen molar-refractivity contribution in [2.24, 2.45) is 0 Å². The van der Waals surface area contributed by atoms with E-state index in [-0.39, 0.29) is 10.8 Å². The van der Waals surface area contributed by atoms with Crippen LogP contribution in [-0.2, 0) is 14.8 Å². The summed E-state index contributed by atoms with van der Waals surface area (Å²) in [5.41, 5.74) is 0.942. The zero-order chi connectivity index (χ0) is 20.4. The molecule has 0 aliphatic rings. The van der Waals surface area contributed by atoms with Crippen LogP contribution in [0.5, 0.6) is 5.75 Å². The smallest absolute Gasteiger partial charge is 0.255 e. The van der Waals surface area contributed by atoms with E-state index in [1.54, 1.807) is 36.4 Å². The summed E-state index contributed by atoms with van der Waals surface area (Å²) in [4.78, 5) is 12.6. The highest BCUT2D eigenvalue weighted by Gasteiger charge is 2.13. The van der Waals surface area contributed by atoms with Crippen molar-refractivity contribution in [3.8, 4) is 5.75 Å². The largest absolute Gasteiger partial charge is 0.491 e. The third kappa shape index (κ3) is 6.63. The maximum atomic E-state index is 12.4. The highest BCUT2D eigenvalue weighted by Crippen LogP contribution is 2.17. The Labute approximate surface area is 166 Å². The number of ether oxygens (including phenoxy) is 2. The molecule has 2 rings (SSSR count). The molecule has 7 nitrogen and oxygen atoms in total. The fourth-order valence-electron chi connectivity index (χ4n) is 2.33. The van der Waals surface area contributed by atoms with Crippen LogP contribution in [0.15, 0.2) is 53.4 Å². The Balaban J connectivity index is 1.99. The molecular weight excluding hydrogens is 380 g/mol. The Hall–Kier alpha value is -2.42. The lowest BCUT2D eigenvalue weighted by atomic mass is 10.2. The Morgan fingerprint density at radius 2 is 1.79 bits per heavy atom. The van der Waals surface area contributed by atoms with Crippen molar-refractivity contribution in [3.05, 3.63) is 54.1 Å². The summed E-state index contributed by atoms with van der Waals surface area (Å²) < 4.78 is 37.5. The molecule has 0 fully saturated rings. The van der Waals surface area contributed by atoms with Crippen molar-refractivity contribution in [2.45, 2.75) is 25.2 Å². The minimum absolute atomic E-state index is 0.156. The number of rotatable bonds is 11. The van der Waals surface area contributed by atoms with Crippen molar-refractivity contribution < 1.29 is 22.7 Å². The van der Waals surface area contributed by atoms with Crippen molar-refractivity contribution in [1.29, 1.82) is 0 Å². The fourth-order valence-corrected chi connectivity index (χ4v) is 3.46. The quantitative estimate of drug-likeness (QED) is 0.560. The van der Waals surface area contributed by atoms with E-state index in [9.17, 15) is 13.2 Å². The predicted octanol–water partition coefficient (Wildman–Crippen LogP) is 3.04. The second kappa shape index (κ2) is 10.8. The van der Waals surface area contributed by atoms with E-state index in [4.69, 9.17) is 9.47 Å². The first-order valence-electron chi connectivity index (χ1n) is 9.18. The summed E-state index contributed by atoms with van der Waals surface area (Å²) in [5.74, 6) is 0.269. The Bertz CT molecular complexity index is 866. The third-order valence-corrected chi connectivity index (χ3v) is 5.24. The Kier molecular flexibility index (Phi) is 8.43. The van der Waals surface area contributed by atoms with Gasteiger partial charge in [0.15, 0.2) is 0 Å². The first-order valence-corrected chi connectivity index (χ1v) is 10.7. The standard InChI is InChI=1S/C20H26N2O5S/c1-3-12-21-28(24,25)19-10-8-17(9-11-19)22-20(23)16-6-5-7-18(15-16)27-14-13-26-4-2/h5-11,15,21H,3-4,12-14H2,1-2H3,(H,22,23). The molecule has 0 aliphatic heterocycles. The second-order valence-corrected chi connectivity index (χ2v) is 7.72. The summed E-state index contributed by atoms with van der Waals surface area (Å²) in [6, 6.07) is 12.9. The molecule has 2 N–H and O–H groups in total. The molecule has 0 atom stereocenters. The van der Waals surface area contributed by atoms with E-state index < -0.39 is 10.0 Å². The van der Waals surface area contributed by atoms with Gasteiger partial charge in [-0.2, -0.15) is 0 Å². The molecule has 2 aromatic carbocycles. The highest BCUT2D eigenvalue weighted by atomic mass is 32.2. The topological polar surface area (TPSA) is 93.7 Å². The van der Waals surface area contributed by atoms with Gasteiger partial charge in [-0.3, -0.25) is 4.79 Å². The zero-order valence-electron chi connectivity index (χ0n) is 16.1. The minimum atomic E-state index is -3.53. The van der Waals surface area contributed by atoms with Gasteiger partial charge in [0.25, 0.3) is 5.91 Å². The molecule has 152 valence electrons. The van der Waals surface area contributed by atoms with Gasteiger partial charge in [0, 0.05) is 24.4 Å². The predicted molar refractivity (Wildman–Crippen MR) is 108 cm³/mol. The van der Waals surface area contributed by atoms with Gasteiger partial charge in [0.1, 0.15) is 12.4 Å². The van der Waals surface area contributed by atoms with E-state index in [0.717, 1.165) is 0 Å². The average molecular weight is 407 g/mol. The van der Waals surface area contributed by atoms with E-state index >= 15 is 0 Å². The third-order valence-electron chi connectivity index (χ3n) is 3.76. The first kappa shape index (κ1) is 21.9. The monoisotopic (exact) mass is 406 g/mol. The number of benzene rings is 2. The molecule has 0 aromatic heterocycles. The van der Waals surface area contributed by atoms with Crippen LogP contribution in [-0.4, -0.2) is 40.7 Å². The Morgan fingerprint density at radius 3 is 2.46 bits per heavy atom. The number of anilines is 1. The lowest BCUT2D eigenvalue weighted by molar-refractivity contribution is 0.102. The number of carbonyl (C=O) groups excluding carboxylic acids is 1. The van der Waals surface area contributed by atoms with Gasteiger partial charge in [-0.15, -0.1) is 0 Å². The van der Waals surface area contributed by atoms with Gasteiger partial charge in [0.2, 0.25) is 10.0 Å². The molecule has 8 heteroatoms. The van der Waals surface area contributed by atoms with Gasteiger partial charge in [-0.25, -0.2) is 13.1 Å². The van der Waals surface area contributed by atoms with Crippen LogP contribution >= 0.6 is 0 Å². The Morgan fingerprint density at radius 1 is 1.04 bits per heavy atom. The van der Waals surface area contributed by atoms with Crippen molar-refractivity contribution in [3.63, 3.8) is 0 Å². The number of carbonyl (C=O) groups is 1. The number of sulfonamides is 1. The maximum absolute atomic E-state index is 12.4. The molecule has 0 spiro atoms. The summed E-state index contributed by atoms with van der Waals surface area (Å²) >= 11 is 0. The van der Waals surface area contributed by atoms with Crippen LogP contribution in [0.3, 0.4) is 0 Å². The van der Waals surface area contributed by atoms with E-state index in [2.05, 4.69) is 10.0 Å². The number of hydrogen-bond donors (Lipinski definition) is 2. The van der Waals surface area contributed by atoms with E-state index in [0.29, 0.717) is 49.8 Å². The summed E-state index contributed by atoms with van der Waals surface area (Å²) in [7, 11) is -3.53. The summed E-state index contributed by atoms with van der Waals surface area (Å²) in [6.07, 6.45) is 0.710. The van der Waals surface area contributed by atoms with Gasteiger partial charge in [-0.05, 0) is 55.8 Å². The van der Waals surface area contributed by atoms with Crippen molar-refractivity contribution >= 4 is 21.6 Å². The van der Waals surface area contributed by atoms with Gasteiger partial charge in [0.05, 0.1) is 11.5 Å². The fraction of sp³-hybridized carbons (Fsp3) is 0.350. The van der Waals surface area contributed by atoms with E-state index in [1.165, 1.54) is 12.1 Å². The van der Waals surface area contributed by atoms with Gasteiger partial charge < -0.3 is 14.8 Å². The molecule has 0 bridgehead atoms. The van der Waals surface area contributed by atoms with Crippen LogP contribution in [0.4, 0.5) is 5.69 Å². The molecule has 1 amide bonds. The normalized spacial score (nSPS) is 11.2. The maximum Gasteiger partial charge on any atom is 0.255 e. The van der Waals surface area contributed by atoms with Crippen molar-refractivity contribution in [2.75, 3.05) is 31.7 Å². The number of hydrogen-bond acceptors (Lipinski definition) is 5. The van der Waals surface area contributed by atoms with Crippen molar-refractivity contribution in [1.82, 2.24) is 4.72 Å². The molecule has 2 aromatic rings. The van der Waals surface area contributed by atoms with Crippen LogP contribution in [0.1, 0.15) is 30.6 Å². The molecule has 0 saturated carbocycles. The lowest BCUT2D eigenvalue weighted by Crippen LogP contribution is -2.24. The second-order valence-electron chi connectivity index (χ2n) is 5.95. The lowest BCUT2D eigenvalue weighted by Gasteiger charge is -2.10. The summed E-state index contributed by atoms with van der Waals surface area (Å²) in [6.45, 7) is 5.69. The molecule has 0 radical (unpaired) electrons. The van der Waals surface area contributed by atoms with Crippen LogP contribution in [0, 0.1) is 0 Å². The van der Waals surface area contributed by atoms with E-state index in [1.807, 2.05) is 13.8 Å². The SMILES string of the molecule is CCCNS(=O)(=O)c1ccc(NC(=O)c2cccc(OCCOCC)c2)cc1. The molecule has 0 aliphatic carbocycles. The van der Waals surface area contributed by atoms with Gasteiger partial charge >= 0.3 is 0 Å². The van der Waals surface area contributed by atoms with Crippen LogP contribution in [0.2, 0.25) is 0 Å². The molecule has 0 heterocycles. The average Bonchev–Trinajstić information content (AvgIpc) is 2.70. The highest BCUT2D eigenvalue weighted by molar-refractivity contribution is 7.89. The summed E-state index contributed by atoms with van der Waals surface area (Å²) in [5, 5.41) is 2.75. The molecule has 0 saturated heterocycles. The molecule has 0 unspecified atom stereocenters. The number of nitrogens with one attached hydrogen (secondary N) is 2. The molecular formula is C20H26N2O5S.